The van der Waals surface area contributed by atoms with E-state index in [9.17, 15) is 0 Å². The van der Waals surface area contributed by atoms with Crippen LogP contribution in [-0.2, 0) is 6.61 Å². The van der Waals surface area contributed by atoms with Crippen molar-refractivity contribution in [1.82, 2.24) is 0 Å². The molecule has 4 heteroatoms. The number of benzene rings is 1. The molecule has 3 nitrogen and oxygen atoms in total. The molecule has 1 heterocycles. The van der Waals surface area contributed by atoms with Crippen LogP contribution in [0.5, 0.6) is 11.5 Å². The summed E-state index contributed by atoms with van der Waals surface area (Å²) in [5.41, 5.74) is 0.820. The molecule has 0 aromatic heterocycles. The van der Waals surface area contributed by atoms with Crippen molar-refractivity contribution in [3.8, 4) is 11.5 Å². The Kier molecular flexibility index (Phi) is 2.93. The molecule has 76 valence electrons. The lowest BCUT2D eigenvalue weighted by Gasteiger charge is -2.10. The third-order valence-corrected chi connectivity index (χ3v) is 2.63. The molecule has 0 bridgehead atoms. The van der Waals surface area contributed by atoms with Crippen LogP contribution in [0.4, 0.5) is 0 Å². The van der Waals surface area contributed by atoms with Crippen LogP contribution < -0.4 is 9.47 Å². The van der Waals surface area contributed by atoms with E-state index in [1.807, 2.05) is 12.1 Å². The van der Waals surface area contributed by atoms with E-state index >= 15 is 0 Å². The minimum absolute atomic E-state index is 0.00917. The lowest BCUT2D eigenvalue weighted by molar-refractivity contribution is 0.279. The molecule has 0 aliphatic carbocycles. The molecule has 0 fully saturated rings. The van der Waals surface area contributed by atoms with E-state index in [-0.39, 0.29) is 6.61 Å². The van der Waals surface area contributed by atoms with Gasteiger partial charge in [0.25, 0.3) is 0 Å². The van der Waals surface area contributed by atoms with Crippen molar-refractivity contribution in [3.05, 3.63) is 22.2 Å². The van der Waals surface area contributed by atoms with Crippen LogP contribution in [0, 0.1) is 0 Å². The fourth-order valence-corrected chi connectivity index (χ4v) is 1.98. The molecule has 1 aromatic rings. The van der Waals surface area contributed by atoms with Gasteiger partial charge in [0, 0.05) is 6.42 Å². The second-order valence-electron chi connectivity index (χ2n) is 3.11. The van der Waals surface area contributed by atoms with Gasteiger partial charge in [0.2, 0.25) is 0 Å². The van der Waals surface area contributed by atoms with Gasteiger partial charge in [-0.25, -0.2) is 0 Å². The summed E-state index contributed by atoms with van der Waals surface area (Å²) in [6.45, 7) is 1.34. The quantitative estimate of drug-likeness (QED) is 0.839. The number of hydrogen-bond donors (Lipinski definition) is 1. The molecule has 14 heavy (non-hydrogen) atoms. The second kappa shape index (κ2) is 4.19. The highest BCUT2D eigenvalue weighted by Gasteiger charge is 2.14. The molecule has 0 saturated carbocycles. The Morgan fingerprint density at radius 1 is 1.29 bits per heavy atom. The second-order valence-corrected chi connectivity index (χ2v) is 3.97. The molecular formula is C10H11BrO3. The Labute approximate surface area is 90.8 Å². The molecule has 1 aliphatic rings. The van der Waals surface area contributed by atoms with E-state index in [4.69, 9.17) is 14.6 Å². The Morgan fingerprint density at radius 2 is 2.07 bits per heavy atom. The van der Waals surface area contributed by atoms with Crippen molar-refractivity contribution in [2.45, 2.75) is 13.0 Å². The molecule has 1 aromatic carbocycles. The number of rotatable bonds is 1. The zero-order valence-corrected chi connectivity index (χ0v) is 9.21. The predicted molar refractivity (Wildman–Crippen MR) is 55.7 cm³/mol. The Bertz CT molecular complexity index is 338. The molecule has 0 spiro atoms. The summed E-state index contributed by atoms with van der Waals surface area (Å²) in [6, 6.07) is 3.65. The summed E-state index contributed by atoms with van der Waals surface area (Å²) in [6.07, 6.45) is 0.885. The molecule has 0 unspecified atom stereocenters. The van der Waals surface area contributed by atoms with Crippen LogP contribution in [0.1, 0.15) is 12.0 Å². The van der Waals surface area contributed by atoms with Crippen LogP contribution >= 0.6 is 15.9 Å². The summed E-state index contributed by atoms with van der Waals surface area (Å²) < 4.78 is 11.9. The Hall–Kier alpha value is -0.740. The first kappa shape index (κ1) is 9.80. The molecule has 0 atom stereocenters. The Balaban J connectivity index is 2.43. The van der Waals surface area contributed by atoms with Gasteiger partial charge in [-0.3, -0.25) is 0 Å². The van der Waals surface area contributed by atoms with Crippen molar-refractivity contribution < 1.29 is 14.6 Å². The first-order valence-electron chi connectivity index (χ1n) is 4.50. The van der Waals surface area contributed by atoms with E-state index in [0.717, 1.165) is 22.2 Å². The summed E-state index contributed by atoms with van der Waals surface area (Å²) in [7, 11) is 0. The summed E-state index contributed by atoms with van der Waals surface area (Å²) in [5, 5.41) is 9.02. The van der Waals surface area contributed by atoms with E-state index < -0.39 is 0 Å². The number of halogens is 1. The number of fused-ring (bicyclic) bond motifs is 1. The van der Waals surface area contributed by atoms with Crippen molar-refractivity contribution in [2.75, 3.05) is 13.2 Å². The number of aliphatic hydroxyl groups is 1. The summed E-state index contributed by atoms with van der Waals surface area (Å²) >= 11 is 3.39. The molecule has 1 N–H and O–H groups in total. The van der Waals surface area contributed by atoms with E-state index in [1.54, 1.807) is 0 Å². The molecule has 0 amide bonds. The fourth-order valence-electron chi connectivity index (χ4n) is 1.38. The average Bonchev–Trinajstić information content (AvgIpc) is 2.42. The number of ether oxygens (including phenoxy) is 2. The van der Waals surface area contributed by atoms with Gasteiger partial charge in [-0.2, -0.15) is 0 Å². The van der Waals surface area contributed by atoms with Crippen LogP contribution in [0.15, 0.2) is 16.6 Å². The SMILES string of the molecule is OCc1cc(Br)c2c(c1)OCCCO2. The molecule has 2 rings (SSSR count). The van der Waals surface area contributed by atoms with E-state index in [2.05, 4.69) is 15.9 Å². The van der Waals surface area contributed by atoms with Gasteiger partial charge in [-0.15, -0.1) is 0 Å². The zero-order valence-electron chi connectivity index (χ0n) is 7.62. The first-order valence-corrected chi connectivity index (χ1v) is 5.29. The van der Waals surface area contributed by atoms with Crippen LogP contribution in [0.3, 0.4) is 0 Å². The van der Waals surface area contributed by atoms with Crippen molar-refractivity contribution in [3.63, 3.8) is 0 Å². The van der Waals surface area contributed by atoms with Crippen molar-refractivity contribution >= 4 is 15.9 Å². The highest BCUT2D eigenvalue weighted by molar-refractivity contribution is 9.10. The summed E-state index contributed by atoms with van der Waals surface area (Å²) in [4.78, 5) is 0. The minimum atomic E-state index is 0.00917. The van der Waals surface area contributed by atoms with Gasteiger partial charge in [0.1, 0.15) is 0 Å². The summed E-state index contributed by atoms with van der Waals surface area (Å²) in [5.74, 6) is 1.45. The normalized spacial score (nSPS) is 15.0. The van der Waals surface area contributed by atoms with Gasteiger partial charge in [0.05, 0.1) is 24.3 Å². The maximum absolute atomic E-state index is 9.02. The molecule has 1 aliphatic heterocycles. The minimum Gasteiger partial charge on any atom is -0.490 e. The van der Waals surface area contributed by atoms with Gasteiger partial charge < -0.3 is 14.6 Å². The fraction of sp³-hybridized carbons (Fsp3) is 0.400. The predicted octanol–water partition coefficient (Wildman–Crippen LogP) is 2.10. The number of aliphatic hydroxyl groups excluding tert-OH is 1. The lowest BCUT2D eigenvalue weighted by Crippen LogP contribution is -1.97. The topological polar surface area (TPSA) is 38.7 Å². The third-order valence-electron chi connectivity index (χ3n) is 2.04. The van der Waals surface area contributed by atoms with E-state index in [0.29, 0.717) is 19.0 Å². The molecule has 0 radical (unpaired) electrons. The van der Waals surface area contributed by atoms with Crippen LogP contribution in [-0.4, -0.2) is 18.3 Å². The monoisotopic (exact) mass is 258 g/mol. The van der Waals surface area contributed by atoms with Gasteiger partial charge >= 0.3 is 0 Å². The zero-order chi connectivity index (χ0) is 9.97. The highest BCUT2D eigenvalue weighted by atomic mass is 79.9. The van der Waals surface area contributed by atoms with Gasteiger partial charge in [0.15, 0.2) is 11.5 Å². The molecular weight excluding hydrogens is 248 g/mol. The third kappa shape index (κ3) is 1.86. The highest BCUT2D eigenvalue weighted by Crippen LogP contribution is 2.38. The van der Waals surface area contributed by atoms with Crippen LogP contribution in [0.2, 0.25) is 0 Å². The first-order chi connectivity index (χ1) is 6.81. The van der Waals surface area contributed by atoms with Gasteiger partial charge in [-0.1, -0.05) is 0 Å². The van der Waals surface area contributed by atoms with Crippen LogP contribution in [0.25, 0.3) is 0 Å². The largest absolute Gasteiger partial charge is 0.490 e. The average molecular weight is 259 g/mol. The maximum Gasteiger partial charge on any atom is 0.175 e. The smallest absolute Gasteiger partial charge is 0.175 e. The van der Waals surface area contributed by atoms with Crippen molar-refractivity contribution in [2.24, 2.45) is 0 Å². The number of hydrogen-bond acceptors (Lipinski definition) is 3. The van der Waals surface area contributed by atoms with Crippen molar-refractivity contribution in [1.29, 1.82) is 0 Å². The standard InChI is InChI=1S/C10H11BrO3/c11-8-4-7(6-12)5-9-10(8)14-3-1-2-13-9/h4-5,12H,1-3,6H2. The Morgan fingerprint density at radius 3 is 2.86 bits per heavy atom. The van der Waals surface area contributed by atoms with E-state index in [1.165, 1.54) is 0 Å². The maximum atomic E-state index is 9.02. The molecule has 0 saturated heterocycles. The lowest BCUT2D eigenvalue weighted by atomic mass is 10.2. The van der Waals surface area contributed by atoms with Gasteiger partial charge in [-0.05, 0) is 33.6 Å².